The first kappa shape index (κ1) is 13.6. The molecule has 0 bridgehead atoms. The molecule has 2 N–H and O–H groups in total. The van der Waals surface area contributed by atoms with Crippen LogP contribution in [-0.4, -0.2) is 11.1 Å². The molecular weight excluding hydrogens is 251 g/mol. The number of nitrogens with zero attached hydrogens (tertiary/aromatic N) is 1. The Bertz CT molecular complexity index is 636. The first-order valence-electron chi connectivity index (χ1n) is 7.55. The summed E-state index contributed by atoms with van der Waals surface area (Å²) in [5, 5.41) is 1.05. The monoisotopic (exact) mass is 274 g/mol. The standard InChI is InChI=1S/C17H23FN2/c1-12-15(17(11-19)9-4-3-5-10-17)13-7-6-8-14(18)16(13)20(12)2/h6-8H,3-5,9-11,19H2,1-2H3. The van der Waals surface area contributed by atoms with Crippen LogP contribution in [0.2, 0.25) is 0 Å². The van der Waals surface area contributed by atoms with Crippen LogP contribution >= 0.6 is 0 Å². The molecule has 1 aliphatic rings. The number of fused-ring (bicyclic) bond motifs is 1. The zero-order chi connectivity index (χ0) is 14.3. The fourth-order valence-corrected chi connectivity index (χ4v) is 4.04. The maximum atomic E-state index is 14.2. The van der Waals surface area contributed by atoms with Crippen LogP contribution in [-0.2, 0) is 12.5 Å². The summed E-state index contributed by atoms with van der Waals surface area (Å²) >= 11 is 0. The van der Waals surface area contributed by atoms with Crippen molar-refractivity contribution in [3.63, 3.8) is 0 Å². The summed E-state index contributed by atoms with van der Waals surface area (Å²) in [4.78, 5) is 0. The second-order valence-electron chi connectivity index (χ2n) is 6.20. The van der Waals surface area contributed by atoms with Crippen LogP contribution < -0.4 is 5.73 Å². The van der Waals surface area contributed by atoms with E-state index in [1.54, 1.807) is 6.07 Å². The molecule has 1 heterocycles. The van der Waals surface area contributed by atoms with Crippen LogP contribution in [0.5, 0.6) is 0 Å². The van der Waals surface area contributed by atoms with Crippen molar-refractivity contribution in [1.82, 2.24) is 4.57 Å². The molecule has 3 heteroatoms. The van der Waals surface area contributed by atoms with E-state index >= 15 is 0 Å². The Morgan fingerprint density at radius 3 is 2.60 bits per heavy atom. The lowest BCUT2D eigenvalue weighted by molar-refractivity contribution is 0.301. The number of benzene rings is 1. The van der Waals surface area contributed by atoms with Gasteiger partial charge in [0.25, 0.3) is 0 Å². The number of hydrogen-bond acceptors (Lipinski definition) is 1. The fraction of sp³-hybridized carbons (Fsp3) is 0.529. The van der Waals surface area contributed by atoms with Crippen molar-refractivity contribution in [2.24, 2.45) is 12.8 Å². The Morgan fingerprint density at radius 1 is 1.25 bits per heavy atom. The van der Waals surface area contributed by atoms with Crippen molar-refractivity contribution in [1.29, 1.82) is 0 Å². The van der Waals surface area contributed by atoms with Crippen molar-refractivity contribution in [3.8, 4) is 0 Å². The van der Waals surface area contributed by atoms with Crippen LogP contribution in [0.4, 0.5) is 4.39 Å². The highest BCUT2D eigenvalue weighted by atomic mass is 19.1. The minimum atomic E-state index is -0.137. The smallest absolute Gasteiger partial charge is 0.147 e. The van der Waals surface area contributed by atoms with Crippen LogP contribution in [0, 0.1) is 12.7 Å². The van der Waals surface area contributed by atoms with Crippen molar-refractivity contribution in [2.45, 2.75) is 44.4 Å². The van der Waals surface area contributed by atoms with Gasteiger partial charge in [0, 0.05) is 30.1 Å². The average molecular weight is 274 g/mol. The molecule has 0 spiro atoms. The number of aryl methyl sites for hydroxylation is 1. The van der Waals surface area contributed by atoms with Gasteiger partial charge in [0.1, 0.15) is 5.82 Å². The number of nitrogens with two attached hydrogens (primary N) is 1. The predicted molar refractivity (Wildman–Crippen MR) is 81.4 cm³/mol. The van der Waals surface area contributed by atoms with E-state index in [4.69, 9.17) is 5.73 Å². The van der Waals surface area contributed by atoms with E-state index in [0.717, 1.165) is 29.4 Å². The minimum Gasteiger partial charge on any atom is -0.345 e. The highest BCUT2D eigenvalue weighted by molar-refractivity contribution is 5.87. The molecule has 1 aromatic heterocycles. The van der Waals surface area contributed by atoms with Gasteiger partial charge in [-0.05, 0) is 31.4 Å². The Hall–Kier alpha value is -1.35. The Balaban J connectivity index is 2.30. The molecule has 1 aromatic carbocycles. The summed E-state index contributed by atoms with van der Waals surface area (Å²) in [5.74, 6) is -0.137. The second kappa shape index (κ2) is 4.88. The first-order chi connectivity index (χ1) is 9.60. The third-order valence-electron chi connectivity index (χ3n) is 5.19. The van der Waals surface area contributed by atoms with Gasteiger partial charge in [-0.15, -0.1) is 0 Å². The topological polar surface area (TPSA) is 30.9 Å². The molecule has 2 nitrogen and oxygen atoms in total. The molecule has 0 saturated heterocycles. The van der Waals surface area contributed by atoms with Crippen molar-refractivity contribution < 1.29 is 4.39 Å². The zero-order valence-corrected chi connectivity index (χ0v) is 12.4. The van der Waals surface area contributed by atoms with Gasteiger partial charge >= 0.3 is 0 Å². The molecular formula is C17H23FN2. The van der Waals surface area contributed by atoms with Gasteiger partial charge in [-0.2, -0.15) is 0 Å². The van der Waals surface area contributed by atoms with Crippen molar-refractivity contribution in [2.75, 3.05) is 6.54 Å². The van der Waals surface area contributed by atoms with Gasteiger partial charge in [0.2, 0.25) is 0 Å². The summed E-state index contributed by atoms with van der Waals surface area (Å²) in [6, 6.07) is 5.40. The SMILES string of the molecule is Cc1c(C2(CN)CCCCC2)c2cccc(F)c2n1C. The molecule has 0 aliphatic heterocycles. The maximum Gasteiger partial charge on any atom is 0.147 e. The number of rotatable bonds is 2. The molecule has 0 amide bonds. The van der Waals surface area contributed by atoms with E-state index in [9.17, 15) is 4.39 Å². The van der Waals surface area contributed by atoms with E-state index in [2.05, 4.69) is 6.92 Å². The van der Waals surface area contributed by atoms with Crippen LogP contribution in [0.25, 0.3) is 10.9 Å². The lowest BCUT2D eigenvalue weighted by Crippen LogP contribution is -2.37. The highest BCUT2D eigenvalue weighted by Crippen LogP contribution is 2.44. The lowest BCUT2D eigenvalue weighted by Gasteiger charge is -2.37. The molecule has 0 unspecified atom stereocenters. The lowest BCUT2D eigenvalue weighted by atomic mass is 9.68. The highest BCUT2D eigenvalue weighted by Gasteiger charge is 2.36. The van der Waals surface area contributed by atoms with E-state index in [-0.39, 0.29) is 11.2 Å². The van der Waals surface area contributed by atoms with E-state index < -0.39 is 0 Å². The van der Waals surface area contributed by atoms with Gasteiger partial charge in [-0.3, -0.25) is 0 Å². The van der Waals surface area contributed by atoms with Crippen LogP contribution in [0.1, 0.15) is 43.4 Å². The van der Waals surface area contributed by atoms with E-state index in [1.165, 1.54) is 24.8 Å². The van der Waals surface area contributed by atoms with E-state index in [0.29, 0.717) is 6.54 Å². The van der Waals surface area contributed by atoms with Gasteiger partial charge in [0.05, 0.1) is 5.52 Å². The van der Waals surface area contributed by atoms with Gasteiger partial charge < -0.3 is 10.3 Å². The van der Waals surface area contributed by atoms with Crippen molar-refractivity contribution in [3.05, 3.63) is 35.3 Å². The zero-order valence-electron chi connectivity index (χ0n) is 12.4. The molecule has 2 aromatic rings. The molecule has 108 valence electrons. The molecule has 1 fully saturated rings. The third kappa shape index (κ3) is 1.80. The number of hydrogen-bond donors (Lipinski definition) is 1. The normalized spacial score (nSPS) is 18.6. The third-order valence-corrected chi connectivity index (χ3v) is 5.19. The van der Waals surface area contributed by atoms with Crippen molar-refractivity contribution >= 4 is 10.9 Å². The largest absolute Gasteiger partial charge is 0.345 e. The van der Waals surface area contributed by atoms with Crippen LogP contribution in [0.3, 0.4) is 0 Å². The molecule has 0 atom stereocenters. The fourth-order valence-electron chi connectivity index (χ4n) is 4.04. The van der Waals surface area contributed by atoms with Gasteiger partial charge in [-0.1, -0.05) is 31.4 Å². The molecule has 1 aliphatic carbocycles. The molecule has 3 rings (SSSR count). The average Bonchev–Trinajstić information content (AvgIpc) is 2.73. The quantitative estimate of drug-likeness (QED) is 0.887. The molecule has 20 heavy (non-hydrogen) atoms. The van der Waals surface area contributed by atoms with Gasteiger partial charge in [0.15, 0.2) is 0 Å². The molecule has 1 saturated carbocycles. The Kier molecular flexibility index (Phi) is 3.33. The minimum absolute atomic E-state index is 0.0373. The second-order valence-corrected chi connectivity index (χ2v) is 6.20. The van der Waals surface area contributed by atoms with E-state index in [1.807, 2.05) is 23.7 Å². The van der Waals surface area contributed by atoms with Gasteiger partial charge in [-0.25, -0.2) is 4.39 Å². The Labute approximate surface area is 119 Å². The summed E-state index contributed by atoms with van der Waals surface area (Å²) in [6.07, 6.45) is 5.99. The summed E-state index contributed by atoms with van der Waals surface area (Å²) in [5.41, 5.74) is 9.39. The summed E-state index contributed by atoms with van der Waals surface area (Å²) in [7, 11) is 1.96. The first-order valence-corrected chi connectivity index (χ1v) is 7.55. The van der Waals surface area contributed by atoms with Crippen LogP contribution in [0.15, 0.2) is 18.2 Å². The number of para-hydroxylation sites is 1. The molecule has 0 radical (unpaired) electrons. The Morgan fingerprint density at radius 2 is 1.95 bits per heavy atom. The maximum absolute atomic E-state index is 14.2. The predicted octanol–water partition coefficient (Wildman–Crippen LogP) is 3.79. The number of aromatic nitrogens is 1. The number of halogens is 1. The summed E-state index contributed by atoms with van der Waals surface area (Å²) in [6.45, 7) is 2.75. The summed E-state index contributed by atoms with van der Waals surface area (Å²) < 4.78 is 16.2.